The first-order valence-electron chi connectivity index (χ1n) is 12.6. The number of hydrogen-bond donors (Lipinski definition) is 2. The summed E-state index contributed by atoms with van der Waals surface area (Å²) in [5.74, 6) is 0.486. The van der Waals surface area contributed by atoms with Crippen LogP contribution in [0, 0.1) is 0 Å². The predicted octanol–water partition coefficient (Wildman–Crippen LogP) is 4.04. The molecule has 0 unspecified atom stereocenters. The van der Waals surface area contributed by atoms with Crippen molar-refractivity contribution in [1.82, 2.24) is 9.80 Å². The van der Waals surface area contributed by atoms with Crippen LogP contribution in [0.1, 0.15) is 36.0 Å². The molecule has 0 aromatic heterocycles. The molecule has 2 aliphatic heterocycles. The number of ether oxygens (including phenoxy) is 1. The molecule has 2 aromatic carbocycles. The molecular weight excluding hydrogens is 520 g/mol. The number of benzene rings is 2. The van der Waals surface area contributed by atoms with Crippen LogP contribution in [-0.4, -0.2) is 69.8 Å². The molecule has 188 valence electrons. The first-order valence-corrected chi connectivity index (χ1v) is 13.4. The molecule has 2 heterocycles. The Morgan fingerprint density at radius 3 is 2.94 bits per heavy atom. The van der Waals surface area contributed by atoms with E-state index in [1.807, 2.05) is 49.5 Å². The standard InChI is InChI=1S/C29H31BrN2O4/c1-3-14-32-15-13-28-25-19-8-9-22(33)26(25)36-27(28)21(11-12-29(28,35)23(32)17-19)31(2)24(34)10-7-18-5-4-6-20(30)16-18/h3-10,16,21,23,27,33,35H,1,11-15,17H2,2H3/t21-,23+,27-,28-,29+/m0/s1. The maximum absolute atomic E-state index is 13.3. The Hall–Kier alpha value is -2.61. The molecular formula is C29H31BrN2O4. The fourth-order valence-corrected chi connectivity index (χ4v) is 7.86. The maximum Gasteiger partial charge on any atom is 0.246 e. The second-order valence-electron chi connectivity index (χ2n) is 10.6. The van der Waals surface area contributed by atoms with E-state index < -0.39 is 17.1 Å². The summed E-state index contributed by atoms with van der Waals surface area (Å²) in [5.41, 5.74) is 1.35. The number of nitrogens with zero attached hydrogens (tertiary/aromatic N) is 2. The molecule has 1 saturated carbocycles. The summed E-state index contributed by atoms with van der Waals surface area (Å²) in [7, 11) is 1.82. The summed E-state index contributed by atoms with van der Waals surface area (Å²) >= 11 is 3.47. The zero-order chi connectivity index (χ0) is 25.2. The van der Waals surface area contributed by atoms with Crippen LogP contribution in [0.2, 0.25) is 0 Å². The topological polar surface area (TPSA) is 73.2 Å². The van der Waals surface area contributed by atoms with Gasteiger partial charge in [0.2, 0.25) is 5.91 Å². The van der Waals surface area contributed by atoms with Crippen LogP contribution in [0.25, 0.3) is 6.08 Å². The third kappa shape index (κ3) is 3.19. The Bertz CT molecular complexity index is 1280. The molecule has 4 aliphatic rings. The van der Waals surface area contributed by atoms with E-state index >= 15 is 0 Å². The van der Waals surface area contributed by atoms with Crippen molar-refractivity contribution in [3.8, 4) is 11.5 Å². The summed E-state index contributed by atoms with van der Waals surface area (Å²) in [6.07, 6.45) is 7.49. The van der Waals surface area contributed by atoms with Crippen molar-refractivity contribution in [1.29, 1.82) is 0 Å². The molecule has 6 rings (SSSR count). The number of likely N-dealkylation sites (tertiary alicyclic amines) is 1. The van der Waals surface area contributed by atoms with Gasteiger partial charge in [0.25, 0.3) is 0 Å². The minimum Gasteiger partial charge on any atom is -0.504 e. The van der Waals surface area contributed by atoms with Crippen LogP contribution in [0.4, 0.5) is 0 Å². The number of aliphatic hydroxyl groups is 1. The van der Waals surface area contributed by atoms with Gasteiger partial charge in [0.05, 0.1) is 17.1 Å². The Morgan fingerprint density at radius 1 is 1.33 bits per heavy atom. The van der Waals surface area contributed by atoms with Gasteiger partial charge in [0, 0.05) is 35.7 Å². The number of carbonyl (C=O) groups excluding carboxylic acids is 1. The van der Waals surface area contributed by atoms with Gasteiger partial charge in [-0.3, -0.25) is 9.69 Å². The van der Waals surface area contributed by atoms with Crippen molar-refractivity contribution >= 4 is 27.9 Å². The number of phenolic OH excluding ortho intramolecular Hbond substituents is 1. The normalized spacial score (nSPS) is 32.1. The molecule has 1 amide bonds. The van der Waals surface area contributed by atoms with Crippen molar-refractivity contribution in [2.45, 2.75) is 54.9 Å². The summed E-state index contributed by atoms with van der Waals surface area (Å²) in [5, 5.41) is 23.2. The third-order valence-corrected chi connectivity index (χ3v) is 9.51. The van der Waals surface area contributed by atoms with Crippen molar-refractivity contribution in [2.75, 3.05) is 20.1 Å². The molecule has 2 aliphatic carbocycles. The van der Waals surface area contributed by atoms with Crippen LogP contribution in [0.3, 0.4) is 0 Å². The van der Waals surface area contributed by atoms with Crippen molar-refractivity contribution in [3.63, 3.8) is 0 Å². The number of likely N-dealkylation sites (N-methyl/N-ethyl adjacent to an activating group) is 1. The minimum atomic E-state index is -1.00. The highest BCUT2D eigenvalue weighted by atomic mass is 79.9. The summed E-state index contributed by atoms with van der Waals surface area (Å²) in [4.78, 5) is 17.4. The van der Waals surface area contributed by atoms with E-state index in [9.17, 15) is 15.0 Å². The van der Waals surface area contributed by atoms with Crippen molar-refractivity contribution < 1.29 is 19.7 Å². The Morgan fingerprint density at radius 2 is 2.17 bits per heavy atom. The average molecular weight is 551 g/mol. The van der Waals surface area contributed by atoms with Gasteiger partial charge in [-0.05, 0) is 67.6 Å². The molecule has 0 radical (unpaired) electrons. The summed E-state index contributed by atoms with van der Waals surface area (Å²) in [6, 6.07) is 11.2. The van der Waals surface area contributed by atoms with Gasteiger partial charge in [-0.25, -0.2) is 0 Å². The van der Waals surface area contributed by atoms with E-state index in [-0.39, 0.29) is 23.7 Å². The number of hydrogen-bond acceptors (Lipinski definition) is 5. The lowest BCUT2D eigenvalue weighted by Crippen LogP contribution is -2.78. The number of phenols is 1. The van der Waals surface area contributed by atoms with Crippen LogP contribution in [-0.2, 0) is 16.6 Å². The molecule has 2 bridgehead atoms. The quantitative estimate of drug-likeness (QED) is 0.434. The number of amides is 1. The second kappa shape index (κ2) is 8.47. The van der Waals surface area contributed by atoms with Gasteiger partial charge in [-0.15, -0.1) is 6.58 Å². The maximum atomic E-state index is 13.3. The van der Waals surface area contributed by atoms with Crippen molar-refractivity contribution in [2.24, 2.45) is 0 Å². The fraction of sp³-hybridized carbons (Fsp3) is 0.414. The number of piperidine rings is 1. The minimum absolute atomic E-state index is 0.0586. The lowest BCUT2D eigenvalue weighted by molar-refractivity contribution is -0.198. The Balaban J connectivity index is 1.38. The van der Waals surface area contributed by atoms with E-state index in [0.29, 0.717) is 31.4 Å². The second-order valence-corrected chi connectivity index (χ2v) is 11.5. The molecule has 1 spiro atoms. The van der Waals surface area contributed by atoms with Crippen LogP contribution >= 0.6 is 15.9 Å². The van der Waals surface area contributed by atoms with E-state index in [4.69, 9.17) is 4.74 Å². The van der Waals surface area contributed by atoms with Gasteiger partial charge in [-0.1, -0.05) is 40.2 Å². The monoisotopic (exact) mass is 550 g/mol. The summed E-state index contributed by atoms with van der Waals surface area (Å²) in [6.45, 7) is 5.46. The van der Waals surface area contributed by atoms with E-state index in [1.165, 1.54) is 0 Å². The first kappa shape index (κ1) is 23.8. The smallest absolute Gasteiger partial charge is 0.246 e. The third-order valence-electron chi connectivity index (χ3n) is 9.02. The van der Waals surface area contributed by atoms with E-state index in [1.54, 1.807) is 17.0 Å². The highest BCUT2D eigenvalue weighted by Gasteiger charge is 2.73. The number of carbonyl (C=O) groups is 1. The average Bonchev–Trinajstić information content (AvgIpc) is 3.21. The highest BCUT2D eigenvalue weighted by Crippen LogP contribution is 2.65. The molecule has 6 nitrogen and oxygen atoms in total. The SMILES string of the molecule is C=CCN1CC[C@]23c4c5ccc(O)c4O[C@H]2[C@@H](N(C)C(=O)C=Cc2cccc(Br)c2)CC[C@@]3(O)[C@H]1C5. The van der Waals surface area contributed by atoms with Gasteiger partial charge in [-0.2, -0.15) is 0 Å². The lowest BCUT2D eigenvalue weighted by Gasteiger charge is -2.64. The zero-order valence-electron chi connectivity index (χ0n) is 20.4. The Labute approximate surface area is 220 Å². The van der Waals surface area contributed by atoms with Crippen LogP contribution < -0.4 is 4.74 Å². The van der Waals surface area contributed by atoms with Gasteiger partial charge < -0.3 is 19.8 Å². The lowest BCUT2D eigenvalue weighted by atomic mass is 9.48. The highest BCUT2D eigenvalue weighted by molar-refractivity contribution is 9.10. The molecule has 2 N–H and O–H groups in total. The van der Waals surface area contributed by atoms with Gasteiger partial charge in [0.1, 0.15) is 6.10 Å². The zero-order valence-corrected chi connectivity index (χ0v) is 21.9. The molecule has 5 atom stereocenters. The van der Waals surface area contributed by atoms with Crippen LogP contribution in [0.5, 0.6) is 11.5 Å². The Kier molecular flexibility index (Phi) is 5.59. The molecule has 2 fully saturated rings. The largest absolute Gasteiger partial charge is 0.504 e. The summed E-state index contributed by atoms with van der Waals surface area (Å²) < 4.78 is 7.52. The molecule has 1 saturated heterocycles. The number of aromatic hydroxyl groups is 1. The fourth-order valence-electron chi connectivity index (χ4n) is 7.44. The molecule has 36 heavy (non-hydrogen) atoms. The van der Waals surface area contributed by atoms with Crippen LogP contribution in [0.15, 0.2) is 59.6 Å². The number of halogens is 1. The van der Waals surface area contributed by atoms with Gasteiger partial charge >= 0.3 is 0 Å². The first-order chi connectivity index (χ1) is 17.3. The van der Waals surface area contributed by atoms with Gasteiger partial charge in [0.15, 0.2) is 11.5 Å². The number of rotatable bonds is 5. The van der Waals surface area contributed by atoms with E-state index in [0.717, 1.165) is 34.3 Å². The molecule has 7 heteroatoms. The van der Waals surface area contributed by atoms with E-state index in [2.05, 4.69) is 27.4 Å². The van der Waals surface area contributed by atoms with Crippen molar-refractivity contribution in [3.05, 3.63) is 76.3 Å². The predicted molar refractivity (Wildman–Crippen MR) is 142 cm³/mol. The molecule has 2 aromatic rings.